The third-order valence-corrected chi connectivity index (χ3v) is 4.76. The molecule has 0 saturated carbocycles. The fraction of sp³-hybridized carbons (Fsp3) is 0.529. The van der Waals surface area contributed by atoms with E-state index in [0.717, 1.165) is 36.5 Å². The number of methoxy groups -OCH3 is 1. The van der Waals surface area contributed by atoms with Crippen LogP contribution in [0.2, 0.25) is 0 Å². The standard InChI is InChI=1S/C17H25N3O2S/c1-4-13-5-7-18-11-15(13)20-17(21)14-9-12(6-8-22-2)10-16(19-14)23-3/h6,8-10,13,15,18H,4-5,7,11H2,1-3H3,(H,20,21)/b8-6-. The second-order valence-electron chi connectivity index (χ2n) is 5.61. The van der Waals surface area contributed by atoms with Gasteiger partial charge in [0.25, 0.3) is 5.91 Å². The minimum Gasteiger partial charge on any atom is -0.504 e. The Kier molecular flexibility index (Phi) is 6.92. The molecule has 2 atom stereocenters. The highest BCUT2D eigenvalue weighted by Crippen LogP contribution is 2.19. The van der Waals surface area contributed by atoms with Crippen molar-refractivity contribution in [3.8, 4) is 0 Å². The molecule has 0 spiro atoms. The molecule has 0 aromatic carbocycles. The number of carbonyl (C=O) groups excluding carboxylic acids is 1. The first-order valence-electron chi connectivity index (χ1n) is 7.95. The van der Waals surface area contributed by atoms with Crippen LogP contribution in [0.15, 0.2) is 23.4 Å². The first-order valence-corrected chi connectivity index (χ1v) is 9.17. The van der Waals surface area contributed by atoms with Gasteiger partial charge in [-0.05, 0) is 48.9 Å². The van der Waals surface area contributed by atoms with Crippen LogP contribution in [0.5, 0.6) is 0 Å². The van der Waals surface area contributed by atoms with E-state index in [1.807, 2.05) is 18.4 Å². The summed E-state index contributed by atoms with van der Waals surface area (Å²) in [5, 5.41) is 7.31. The molecular weight excluding hydrogens is 310 g/mol. The molecule has 126 valence electrons. The minimum absolute atomic E-state index is 0.111. The number of amides is 1. The van der Waals surface area contributed by atoms with E-state index in [9.17, 15) is 4.79 Å². The highest BCUT2D eigenvalue weighted by molar-refractivity contribution is 7.98. The first kappa shape index (κ1) is 17.8. The van der Waals surface area contributed by atoms with Crippen LogP contribution >= 0.6 is 11.8 Å². The van der Waals surface area contributed by atoms with Crippen LogP contribution in [0, 0.1) is 5.92 Å². The molecule has 1 aromatic rings. The summed E-state index contributed by atoms with van der Waals surface area (Å²) in [5.41, 5.74) is 1.36. The van der Waals surface area contributed by atoms with Crippen molar-refractivity contribution in [3.63, 3.8) is 0 Å². The quantitative estimate of drug-likeness (QED) is 0.618. The summed E-state index contributed by atoms with van der Waals surface area (Å²) >= 11 is 1.52. The number of thioether (sulfide) groups is 1. The Morgan fingerprint density at radius 3 is 3.09 bits per heavy atom. The highest BCUT2D eigenvalue weighted by atomic mass is 32.2. The van der Waals surface area contributed by atoms with Gasteiger partial charge in [-0.15, -0.1) is 11.8 Å². The van der Waals surface area contributed by atoms with Crippen LogP contribution in [-0.2, 0) is 4.74 Å². The fourth-order valence-electron chi connectivity index (χ4n) is 2.80. The molecule has 0 bridgehead atoms. The first-order chi connectivity index (χ1) is 11.2. The van der Waals surface area contributed by atoms with E-state index in [-0.39, 0.29) is 11.9 Å². The summed E-state index contributed by atoms with van der Waals surface area (Å²) in [6.45, 7) is 4.02. The molecule has 1 amide bonds. The Labute approximate surface area is 142 Å². The molecule has 2 N–H and O–H groups in total. The zero-order valence-electron chi connectivity index (χ0n) is 14.0. The number of hydrogen-bond acceptors (Lipinski definition) is 5. The Bertz CT molecular complexity index is 563. The molecule has 23 heavy (non-hydrogen) atoms. The van der Waals surface area contributed by atoms with Gasteiger partial charge < -0.3 is 15.4 Å². The van der Waals surface area contributed by atoms with Crippen molar-refractivity contribution >= 4 is 23.7 Å². The largest absolute Gasteiger partial charge is 0.504 e. The monoisotopic (exact) mass is 335 g/mol. The molecule has 2 rings (SSSR count). The van der Waals surface area contributed by atoms with Crippen molar-refractivity contribution in [1.29, 1.82) is 0 Å². The fourth-order valence-corrected chi connectivity index (χ4v) is 3.25. The molecule has 0 radical (unpaired) electrons. The zero-order valence-corrected chi connectivity index (χ0v) is 14.8. The van der Waals surface area contributed by atoms with Gasteiger partial charge in [-0.3, -0.25) is 4.79 Å². The normalized spacial score (nSPS) is 21.3. The maximum absolute atomic E-state index is 12.6. The van der Waals surface area contributed by atoms with Crippen LogP contribution in [0.25, 0.3) is 6.08 Å². The zero-order chi connectivity index (χ0) is 16.7. The lowest BCUT2D eigenvalue weighted by Crippen LogP contribution is -2.51. The molecular formula is C17H25N3O2S. The third kappa shape index (κ3) is 4.97. The Morgan fingerprint density at radius 2 is 2.39 bits per heavy atom. The number of nitrogens with zero attached hydrogens (tertiary/aromatic N) is 1. The maximum atomic E-state index is 12.6. The van der Waals surface area contributed by atoms with Crippen molar-refractivity contribution in [2.45, 2.75) is 30.8 Å². The molecule has 1 saturated heterocycles. The van der Waals surface area contributed by atoms with Crippen molar-refractivity contribution < 1.29 is 9.53 Å². The third-order valence-electron chi connectivity index (χ3n) is 4.13. The summed E-state index contributed by atoms with van der Waals surface area (Å²) in [6, 6.07) is 3.90. The predicted octanol–water partition coefficient (Wildman–Crippen LogP) is 2.54. The van der Waals surface area contributed by atoms with E-state index in [0.29, 0.717) is 11.6 Å². The number of hydrogen-bond donors (Lipinski definition) is 2. The maximum Gasteiger partial charge on any atom is 0.270 e. The summed E-state index contributed by atoms with van der Waals surface area (Å²) in [4.78, 5) is 17.0. The van der Waals surface area contributed by atoms with E-state index in [2.05, 4.69) is 22.5 Å². The Morgan fingerprint density at radius 1 is 1.57 bits per heavy atom. The summed E-state index contributed by atoms with van der Waals surface area (Å²) in [5.74, 6) is 0.414. The number of piperidine rings is 1. The number of carbonyl (C=O) groups is 1. The van der Waals surface area contributed by atoms with Gasteiger partial charge in [0.05, 0.1) is 18.4 Å². The van der Waals surface area contributed by atoms with E-state index in [1.165, 1.54) is 11.8 Å². The van der Waals surface area contributed by atoms with Crippen LogP contribution in [0.3, 0.4) is 0 Å². The van der Waals surface area contributed by atoms with Crippen LogP contribution < -0.4 is 10.6 Å². The number of ether oxygens (including phenoxy) is 1. The Balaban J connectivity index is 2.15. The van der Waals surface area contributed by atoms with Crippen molar-refractivity contribution in [2.75, 3.05) is 26.5 Å². The molecule has 1 aliphatic heterocycles. The second kappa shape index (κ2) is 8.93. The average Bonchev–Trinajstić information content (AvgIpc) is 2.60. The van der Waals surface area contributed by atoms with Crippen LogP contribution in [-0.4, -0.2) is 43.4 Å². The topological polar surface area (TPSA) is 63.2 Å². The number of nitrogens with one attached hydrogen (secondary N) is 2. The summed E-state index contributed by atoms with van der Waals surface area (Å²) < 4.78 is 4.95. The lowest BCUT2D eigenvalue weighted by Gasteiger charge is -2.32. The predicted molar refractivity (Wildman–Crippen MR) is 94.6 cm³/mol. The molecule has 6 heteroatoms. The van der Waals surface area contributed by atoms with Gasteiger partial charge in [0.1, 0.15) is 5.69 Å². The summed E-state index contributed by atoms with van der Waals surface area (Å²) in [7, 11) is 1.60. The number of pyridine rings is 1. The molecule has 1 aromatic heterocycles. The van der Waals surface area contributed by atoms with Gasteiger partial charge in [0.2, 0.25) is 0 Å². The molecule has 1 fully saturated rings. The molecule has 0 aliphatic carbocycles. The molecule has 5 nitrogen and oxygen atoms in total. The average molecular weight is 335 g/mol. The van der Waals surface area contributed by atoms with E-state index in [4.69, 9.17) is 4.74 Å². The molecule has 1 aliphatic rings. The van der Waals surface area contributed by atoms with Crippen molar-refractivity contribution in [2.24, 2.45) is 5.92 Å². The molecule has 2 heterocycles. The second-order valence-corrected chi connectivity index (χ2v) is 6.43. The van der Waals surface area contributed by atoms with Crippen molar-refractivity contribution in [1.82, 2.24) is 15.6 Å². The van der Waals surface area contributed by atoms with Gasteiger partial charge in [-0.2, -0.15) is 0 Å². The van der Waals surface area contributed by atoms with Crippen LogP contribution in [0.1, 0.15) is 35.8 Å². The van der Waals surface area contributed by atoms with Gasteiger partial charge in [-0.25, -0.2) is 4.98 Å². The van der Waals surface area contributed by atoms with Gasteiger partial charge >= 0.3 is 0 Å². The van der Waals surface area contributed by atoms with Gasteiger partial charge in [0.15, 0.2) is 0 Å². The minimum atomic E-state index is -0.111. The lowest BCUT2D eigenvalue weighted by atomic mass is 9.90. The van der Waals surface area contributed by atoms with Gasteiger partial charge in [-0.1, -0.05) is 13.3 Å². The van der Waals surface area contributed by atoms with Gasteiger partial charge in [0, 0.05) is 12.6 Å². The van der Waals surface area contributed by atoms with E-state index < -0.39 is 0 Å². The lowest BCUT2D eigenvalue weighted by molar-refractivity contribution is 0.0904. The number of rotatable bonds is 6. The summed E-state index contributed by atoms with van der Waals surface area (Å²) in [6.07, 6.45) is 7.55. The number of aromatic nitrogens is 1. The van der Waals surface area contributed by atoms with E-state index in [1.54, 1.807) is 19.4 Å². The smallest absolute Gasteiger partial charge is 0.270 e. The van der Waals surface area contributed by atoms with Crippen LogP contribution in [0.4, 0.5) is 0 Å². The SMILES string of the molecule is CCC1CCNCC1NC(=O)c1cc(/C=C\OC)cc(SC)n1. The van der Waals surface area contributed by atoms with Crippen molar-refractivity contribution in [3.05, 3.63) is 29.7 Å². The van der Waals surface area contributed by atoms with E-state index >= 15 is 0 Å². The Hall–Kier alpha value is -1.53. The molecule has 2 unspecified atom stereocenters. The highest BCUT2D eigenvalue weighted by Gasteiger charge is 2.25.